The third kappa shape index (κ3) is 4.27. The highest BCUT2D eigenvalue weighted by atomic mass is 32.5. The molecule has 17 heavy (non-hydrogen) atoms. The molecular weight excluding hydrogens is 283 g/mol. The van der Waals surface area contributed by atoms with Crippen molar-refractivity contribution in [1.29, 1.82) is 0 Å². The van der Waals surface area contributed by atoms with Gasteiger partial charge in [-0.15, -0.1) is 0 Å². The number of halogens is 5. The molecule has 1 aromatic rings. The van der Waals surface area contributed by atoms with Crippen molar-refractivity contribution in [2.45, 2.75) is 17.1 Å². The number of benzene rings is 1. The van der Waals surface area contributed by atoms with Crippen LogP contribution in [-0.4, -0.2) is 11.9 Å². The summed E-state index contributed by atoms with van der Waals surface area (Å²) < 4.78 is 67.9. The third-order valence-electron chi connectivity index (χ3n) is 1.74. The summed E-state index contributed by atoms with van der Waals surface area (Å²) in [5, 5.41) is -0.360. The summed E-state index contributed by atoms with van der Waals surface area (Å²) >= 11 is 3.89. The van der Waals surface area contributed by atoms with E-state index in [-0.39, 0.29) is 11.9 Å². The van der Waals surface area contributed by atoms with E-state index in [1.807, 2.05) is 0 Å². The quantitative estimate of drug-likeness (QED) is 0.604. The maximum atomic E-state index is 12.6. The van der Waals surface area contributed by atoms with E-state index in [1.54, 1.807) is 6.92 Å². The largest absolute Gasteiger partial charge is 0.491 e. The second-order valence-electron chi connectivity index (χ2n) is 3.58. The second kappa shape index (κ2) is 3.68. The second-order valence-corrected chi connectivity index (χ2v) is 6.84. The Balaban J connectivity index is 3.19. The minimum Gasteiger partial charge on any atom is -0.491 e. The predicted octanol–water partition coefficient (Wildman–Crippen LogP) is 5.04. The first-order chi connectivity index (χ1) is 7.40. The van der Waals surface area contributed by atoms with Crippen LogP contribution in [0.25, 0.3) is 0 Å². The molecule has 1 unspecified atom stereocenters. The van der Waals surface area contributed by atoms with Gasteiger partial charge < -0.3 is 4.74 Å². The molecule has 1 rings (SSSR count). The summed E-state index contributed by atoms with van der Waals surface area (Å²) in [6, 6.07) is 3.28. The number of para-hydroxylation sites is 1. The summed E-state index contributed by atoms with van der Waals surface area (Å²) in [5.41, 5.74) is 0. The molecule has 8 heteroatoms. The molecule has 0 amide bonds. The monoisotopic (exact) mass is 294 g/mol. The molecule has 0 radical (unpaired) electrons. The molecule has 0 N–H and O–H groups in total. The predicted molar refractivity (Wildman–Crippen MR) is 61.8 cm³/mol. The highest BCUT2D eigenvalue weighted by Gasteiger charge is 2.67. The Morgan fingerprint density at radius 2 is 1.71 bits per heavy atom. The Morgan fingerprint density at radius 1 is 1.18 bits per heavy atom. The third-order valence-corrected chi connectivity index (χ3v) is 3.06. The number of thiol groups is 1. The average Bonchev–Trinajstić information content (AvgIpc) is 2.11. The van der Waals surface area contributed by atoms with E-state index < -0.39 is 20.9 Å². The molecule has 0 bridgehead atoms. The van der Waals surface area contributed by atoms with Crippen LogP contribution < -0.4 is 4.74 Å². The van der Waals surface area contributed by atoms with E-state index in [0.717, 1.165) is 12.1 Å². The minimum absolute atomic E-state index is 0.187. The Bertz CT molecular complexity index is 414. The van der Waals surface area contributed by atoms with Crippen LogP contribution in [0.15, 0.2) is 29.2 Å². The molecule has 0 fully saturated rings. The first kappa shape index (κ1) is 14.4. The van der Waals surface area contributed by atoms with E-state index in [4.69, 9.17) is 4.74 Å². The van der Waals surface area contributed by atoms with Crippen molar-refractivity contribution in [3.05, 3.63) is 24.3 Å². The minimum atomic E-state index is -9.71. The van der Waals surface area contributed by atoms with Gasteiger partial charge in [0.05, 0.1) is 6.61 Å². The lowest BCUT2D eigenvalue weighted by atomic mass is 10.3. The van der Waals surface area contributed by atoms with Crippen LogP contribution in [0.2, 0.25) is 0 Å². The lowest BCUT2D eigenvalue weighted by molar-refractivity contribution is 0.300. The molecule has 0 spiro atoms. The molecular formula is C9H11F5OS2. The molecule has 1 aromatic carbocycles. The summed E-state index contributed by atoms with van der Waals surface area (Å²) in [4.78, 5) is -2.00. The van der Waals surface area contributed by atoms with Gasteiger partial charge in [0.2, 0.25) is 0 Å². The van der Waals surface area contributed by atoms with Crippen LogP contribution in [0.5, 0.6) is 5.75 Å². The van der Waals surface area contributed by atoms with Crippen molar-refractivity contribution in [2.24, 2.45) is 0 Å². The average molecular weight is 294 g/mol. The van der Waals surface area contributed by atoms with Gasteiger partial charge in [0.15, 0.2) is 0 Å². The van der Waals surface area contributed by atoms with Gasteiger partial charge in [0.1, 0.15) is 10.6 Å². The summed E-state index contributed by atoms with van der Waals surface area (Å²) in [6.45, 7) is 1.39. The molecule has 0 aromatic heterocycles. The van der Waals surface area contributed by atoms with Crippen LogP contribution in [0.3, 0.4) is 0 Å². The normalized spacial score (nSPS) is 18.1. The Hall–Kier alpha value is -0.630. The van der Waals surface area contributed by atoms with Crippen molar-refractivity contribution >= 4 is 22.9 Å². The van der Waals surface area contributed by atoms with E-state index in [0.29, 0.717) is 6.07 Å². The van der Waals surface area contributed by atoms with Gasteiger partial charge in [0, 0.05) is 5.25 Å². The molecule has 0 aliphatic heterocycles. The maximum absolute atomic E-state index is 12.6. The van der Waals surface area contributed by atoms with Crippen molar-refractivity contribution in [2.75, 3.05) is 6.61 Å². The first-order valence-electron chi connectivity index (χ1n) is 4.54. The Kier molecular flexibility index (Phi) is 3.12. The maximum Gasteiger partial charge on any atom is 0.313 e. The topological polar surface area (TPSA) is 9.23 Å². The molecule has 0 saturated carbocycles. The van der Waals surface area contributed by atoms with Gasteiger partial charge in [0.25, 0.3) is 0 Å². The van der Waals surface area contributed by atoms with Crippen molar-refractivity contribution in [3.8, 4) is 5.75 Å². The fourth-order valence-electron chi connectivity index (χ4n) is 1.10. The Labute approximate surface area is 101 Å². The number of rotatable bonds is 4. The molecule has 0 aliphatic carbocycles. The Morgan fingerprint density at radius 3 is 2.18 bits per heavy atom. The lowest BCUT2D eigenvalue weighted by Crippen LogP contribution is -2.12. The van der Waals surface area contributed by atoms with Crippen LogP contribution in [0.4, 0.5) is 19.4 Å². The van der Waals surface area contributed by atoms with E-state index >= 15 is 0 Å². The fourth-order valence-corrected chi connectivity index (χ4v) is 2.02. The zero-order chi connectivity index (χ0) is 13.4. The van der Waals surface area contributed by atoms with Gasteiger partial charge >= 0.3 is 10.2 Å². The van der Waals surface area contributed by atoms with Gasteiger partial charge in [-0.2, -0.15) is 12.6 Å². The van der Waals surface area contributed by atoms with E-state index in [2.05, 4.69) is 12.6 Å². The molecule has 0 heterocycles. The summed E-state index contributed by atoms with van der Waals surface area (Å²) in [6.07, 6.45) is 0. The summed E-state index contributed by atoms with van der Waals surface area (Å²) in [7, 11) is -9.71. The molecule has 100 valence electrons. The van der Waals surface area contributed by atoms with Crippen LogP contribution in [0, 0.1) is 0 Å². The van der Waals surface area contributed by atoms with Crippen molar-refractivity contribution in [3.63, 3.8) is 0 Å². The zero-order valence-corrected chi connectivity index (χ0v) is 10.5. The zero-order valence-electron chi connectivity index (χ0n) is 8.75. The standard InChI is InChI=1S/C9H11F5OS2/c1-7(16)6-15-8-4-2-3-5-9(8)17(10,11,12,13)14/h2-5,7,16H,6H2,1H3. The first-order valence-corrected chi connectivity index (χ1v) is 7.01. The SMILES string of the molecule is CC(S)COc1ccccc1S(F)(F)(F)(F)F. The van der Waals surface area contributed by atoms with E-state index in [9.17, 15) is 19.4 Å². The van der Waals surface area contributed by atoms with Crippen molar-refractivity contribution < 1.29 is 24.2 Å². The fraction of sp³-hybridized carbons (Fsp3) is 0.333. The van der Waals surface area contributed by atoms with Gasteiger partial charge in [-0.1, -0.05) is 38.5 Å². The van der Waals surface area contributed by atoms with Crippen LogP contribution >= 0.6 is 22.9 Å². The highest BCUT2D eigenvalue weighted by Crippen LogP contribution is 3.03. The lowest BCUT2D eigenvalue weighted by Gasteiger charge is -2.41. The van der Waals surface area contributed by atoms with Crippen LogP contribution in [-0.2, 0) is 0 Å². The number of ether oxygens (including phenoxy) is 1. The van der Waals surface area contributed by atoms with Gasteiger partial charge in [-0.3, -0.25) is 0 Å². The molecule has 0 aliphatic rings. The smallest absolute Gasteiger partial charge is 0.313 e. The summed E-state index contributed by atoms with van der Waals surface area (Å²) in [5.74, 6) is -0.868. The highest BCUT2D eigenvalue weighted by molar-refractivity contribution is 8.45. The molecule has 0 saturated heterocycles. The van der Waals surface area contributed by atoms with Crippen molar-refractivity contribution in [1.82, 2.24) is 0 Å². The molecule has 1 nitrogen and oxygen atoms in total. The number of hydrogen-bond acceptors (Lipinski definition) is 2. The molecule has 1 atom stereocenters. The van der Waals surface area contributed by atoms with Gasteiger partial charge in [-0.25, -0.2) is 0 Å². The number of hydrogen-bond donors (Lipinski definition) is 1. The van der Waals surface area contributed by atoms with E-state index in [1.165, 1.54) is 6.07 Å². The van der Waals surface area contributed by atoms with Gasteiger partial charge in [-0.05, 0) is 12.1 Å². The van der Waals surface area contributed by atoms with Crippen LogP contribution in [0.1, 0.15) is 6.92 Å².